The summed E-state index contributed by atoms with van der Waals surface area (Å²) < 4.78 is 93.7. The molecule has 0 aliphatic heterocycles. The second-order valence-corrected chi connectivity index (χ2v) is 18.1. The fraction of sp³-hybridized carbons (Fsp3) is 0.625. The lowest BCUT2D eigenvalue weighted by molar-refractivity contribution is -0.141. The Labute approximate surface area is 151 Å². The summed E-state index contributed by atoms with van der Waals surface area (Å²) in [5, 5.41) is -0.836. The van der Waals surface area contributed by atoms with Gasteiger partial charge in [-0.15, -0.1) is 0 Å². The molecule has 2 nitrogen and oxygen atoms in total. The molecule has 0 atom stereocenters. The first-order chi connectivity index (χ1) is 11.4. The molecule has 0 bridgehead atoms. The Morgan fingerprint density at radius 1 is 0.577 bits per heavy atom. The van der Waals surface area contributed by atoms with E-state index in [2.05, 4.69) is 0 Å². The summed E-state index contributed by atoms with van der Waals surface area (Å²) in [6.07, 6.45) is -9.74. The van der Waals surface area contributed by atoms with Gasteiger partial charge in [-0.1, -0.05) is 39.3 Å². The molecule has 10 heteroatoms. The zero-order valence-corrected chi connectivity index (χ0v) is 18.1. The van der Waals surface area contributed by atoms with Crippen LogP contribution in [0.1, 0.15) is 11.1 Å². The third-order valence-electron chi connectivity index (χ3n) is 3.88. The van der Waals surface area contributed by atoms with Crippen molar-refractivity contribution >= 4 is 26.5 Å². The minimum absolute atomic E-state index is 0.418. The quantitative estimate of drug-likeness (QED) is 0.515. The SMILES string of the molecule is COc1c(C(F)(F)F)c([Si](C)(C)C)c(OC)c(C(F)(F)F)c1[Si](C)(C)C. The molecule has 0 heterocycles. The second-order valence-electron chi connectivity index (χ2n) is 8.06. The molecule has 0 aromatic heterocycles. The van der Waals surface area contributed by atoms with Crippen molar-refractivity contribution < 1.29 is 35.8 Å². The Kier molecular flexibility index (Phi) is 5.96. The highest BCUT2D eigenvalue weighted by molar-refractivity contribution is 6.92. The lowest BCUT2D eigenvalue weighted by Gasteiger charge is -2.34. The Balaban J connectivity index is 4.46. The van der Waals surface area contributed by atoms with Crippen LogP contribution in [-0.4, -0.2) is 30.4 Å². The highest BCUT2D eigenvalue weighted by Gasteiger charge is 2.51. The van der Waals surface area contributed by atoms with Gasteiger partial charge < -0.3 is 9.47 Å². The predicted molar refractivity (Wildman–Crippen MR) is 95.5 cm³/mol. The number of rotatable bonds is 4. The van der Waals surface area contributed by atoms with Crippen molar-refractivity contribution in [3.05, 3.63) is 11.1 Å². The van der Waals surface area contributed by atoms with Crippen molar-refractivity contribution in [2.45, 2.75) is 51.6 Å². The van der Waals surface area contributed by atoms with E-state index in [0.29, 0.717) is 0 Å². The third kappa shape index (κ3) is 4.21. The van der Waals surface area contributed by atoms with Crippen LogP contribution in [0, 0.1) is 0 Å². The van der Waals surface area contributed by atoms with Crippen molar-refractivity contribution in [1.82, 2.24) is 0 Å². The molecule has 1 aromatic carbocycles. The van der Waals surface area contributed by atoms with Crippen LogP contribution in [0.2, 0.25) is 39.3 Å². The minimum atomic E-state index is -4.87. The van der Waals surface area contributed by atoms with E-state index in [9.17, 15) is 26.3 Å². The van der Waals surface area contributed by atoms with Crippen LogP contribution in [0.5, 0.6) is 11.5 Å². The number of alkyl halides is 6. The molecule has 0 N–H and O–H groups in total. The predicted octanol–water partition coefficient (Wildman–Crippen LogP) is 4.83. The maximum atomic E-state index is 14.0. The van der Waals surface area contributed by atoms with E-state index in [-0.39, 0.29) is 0 Å². The summed E-state index contributed by atoms with van der Waals surface area (Å²) in [6.45, 7) is 9.30. The molecule has 0 unspecified atom stereocenters. The third-order valence-corrected chi connectivity index (χ3v) is 7.84. The van der Waals surface area contributed by atoms with Gasteiger partial charge in [-0.25, -0.2) is 0 Å². The monoisotopic (exact) mass is 418 g/mol. The largest absolute Gasteiger partial charge is 0.496 e. The Bertz CT molecular complexity index is 570. The number of hydrogen-bond acceptors (Lipinski definition) is 2. The Morgan fingerprint density at radius 3 is 0.923 bits per heavy atom. The first-order valence-corrected chi connectivity index (χ1v) is 14.9. The normalized spacial score (nSPS) is 13.8. The van der Waals surface area contributed by atoms with Gasteiger partial charge in [0.2, 0.25) is 0 Å². The molecule has 0 radical (unpaired) electrons. The first-order valence-electron chi connectivity index (χ1n) is 7.86. The average Bonchev–Trinajstić information content (AvgIpc) is 2.39. The van der Waals surface area contributed by atoms with E-state index in [1.54, 1.807) is 39.3 Å². The lowest BCUT2D eigenvalue weighted by Crippen LogP contribution is -2.51. The summed E-state index contributed by atoms with van der Waals surface area (Å²) in [5.74, 6) is -1.44. The molecule has 0 aliphatic carbocycles. The summed E-state index contributed by atoms with van der Waals surface area (Å²) in [6, 6.07) is 0. The molecule has 0 fully saturated rings. The molecule has 0 saturated carbocycles. The number of benzene rings is 1. The fourth-order valence-corrected chi connectivity index (χ4v) is 6.91. The van der Waals surface area contributed by atoms with Crippen LogP contribution in [0.25, 0.3) is 0 Å². The van der Waals surface area contributed by atoms with E-state index in [1.807, 2.05) is 0 Å². The molecular weight excluding hydrogens is 394 g/mol. The topological polar surface area (TPSA) is 18.5 Å². The first kappa shape index (κ1) is 22.9. The van der Waals surface area contributed by atoms with Crippen LogP contribution in [-0.2, 0) is 12.4 Å². The van der Waals surface area contributed by atoms with E-state index in [1.165, 1.54) is 0 Å². The van der Waals surface area contributed by atoms with Gasteiger partial charge in [0, 0.05) is 0 Å². The van der Waals surface area contributed by atoms with Gasteiger partial charge >= 0.3 is 12.4 Å². The number of halogens is 6. The van der Waals surface area contributed by atoms with Crippen molar-refractivity contribution in [2.24, 2.45) is 0 Å². The van der Waals surface area contributed by atoms with Crippen LogP contribution in [0.3, 0.4) is 0 Å². The maximum absolute atomic E-state index is 14.0. The summed E-state index contributed by atoms with van der Waals surface area (Å²) >= 11 is 0. The highest BCUT2D eigenvalue weighted by Crippen LogP contribution is 2.45. The number of ether oxygens (including phenoxy) is 2. The van der Waals surface area contributed by atoms with Crippen LogP contribution in [0.15, 0.2) is 0 Å². The minimum Gasteiger partial charge on any atom is -0.496 e. The van der Waals surface area contributed by atoms with Gasteiger partial charge in [-0.2, -0.15) is 26.3 Å². The average molecular weight is 419 g/mol. The van der Waals surface area contributed by atoms with Crippen molar-refractivity contribution in [3.63, 3.8) is 0 Å². The van der Waals surface area contributed by atoms with Gasteiger partial charge in [0.25, 0.3) is 0 Å². The van der Waals surface area contributed by atoms with Gasteiger partial charge in [0.15, 0.2) is 0 Å². The van der Waals surface area contributed by atoms with E-state index < -0.39 is 61.5 Å². The zero-order valence-electron chi connectivity index (χ0n) is 16.1. The Morgan fingerprint density at radius 2 is 0.808 bits per heavy atom. The van der Waals surface area contributed by atoms with E-state index in [0.717, 1.165) is 14.2 Å². The molecule has 1 rings (SSSR count). The van der Waals surface area contributed by atoms with Crippen LogP contribution >= 0.6 is 0 Å². The zero-order chi connectivity index (χ0) is 20.9. The molecule has 0 amide bonds. The molecule has 0 aliphatic rings. The van der Waals surface area contributed by atoms with Gasteiger partial charge in [0.05, 0.1) is 30.4 Å². The second kappa shape index (κ2) is 6.77. The van der Waals surface area contributed by atoms with Crippen molar-refractivity contribution in [3.8, 4) is 11.5 Å². The van der Waals surface area contributed by atoms with Crippen LogP contribution in [0.4, 0.5) is 26.3 Å². The number of methoxy groups -OCH3 is 2. The molecule has 0 spiro atoms. The molecular formula is C16H24F6O2Si2. The smallest absolute Gasteiger partial charge is 0.419 e. The van der Waals surface area contributed by atoms with E-state index in [4.69, 9.17) is 9.47 Å². The van der Waals surface area contributed by atoms with Gasteiger partial charge in [-0.3, -0.25) is 0 Å². The maximum Gasteiger partial charge on any atom is 0.419 e. The fourth-order valence-electron chi connectivity index (χ4n) is 3.08. The Hall–Kier alpha value is -1.17. The van der Waals surface area contributed by atoms with Gasteiger partial charge in [0.1, 0.15) is 22.6 Å². The van der Waals surface area contributed by atoms with Crippen molar-refractivity contribution in [2.75, 3.05) is 14.2 Å². The molecule has 0 saturated heterocycles. The number of hydrogen-bond donors (Lipinski definition) is 0. The van der Waals surface area contributed by atoms with Crippen LogP contribution < -0.4 is 19.8 Å². The molecule has 150 valence electrons. The lowest BCUT2D eigenvalue weighted by atomic mass is 10.1. The summed E-state index contributed by atoms with van der Waals surface area (Å²) in [7, 11) is -3.84. The van der Waals surface area contributed by atoms with Crippen molar-refractivity contribution in [1.29, 1.82) is 0 Å². The van der Waals surface area contributed by atoms with E-state index >= 15 is 0 Å². The van der Waals surface area contributed by atoms with Gasteiger partial charge in [-0.05, 0) is 10.4 Å². The molecule has 1 aromatic rings. The summed E-state index contributed by atoms with van der Waals surface area (Å²) in [4.78, 5) is 0. The summed E-state index contributed by atoms with van der Waals surface area (Å²) in [5.41, 5.74) is -2.28. The molecule has 26 heavy (non-hydrogen) atoms. The highest BCUT2D eigenvalue weighted by atomic mass is 28.3. The standard InChI is InChI=1S/C16H24F6O2Si2/c1-23-11-9(15(17,18)19)14(26(6,7)8)12(24-2)10(16(20,21)22)13(11)25(3,4)5/h1-8H3.